The zero-order chi connectivity index (χ0) is 37.0. The van der Waals surface area contributed by atoms with Crippen LogP contribution in [0.3, 0.4) is 0 Å². The molecule has 0 saturated heterocycles. The van der Waals surface area contributed by atoms with Crippen LogP contribution in [0.2, 0.25) is 0 Å². The smallest absolute Gasteiger partial charge is 0.180 e. The molecule has 0 aliphatic rings. The Labute approximate surface area is 319 Å². The molecule has 0 atom stereocenters. The van der Waals surface area contributed by atoms with E-state index in [4.69, 9.17) is 24.8 Å². The summed E-state index contributed by atoms with van der Waals surface area (Å²) in [5.41, 5.74) is 12.6. The first-order chi connectivity index (χ1) is 27.2. The van der Waals surface area contributed by atoms with Crippen molar-refractivity contribution in [3.63, 3.8) is 0 Å². The predicted octanol–water partition coefficient (Wildman–Crippen LogP) is 12.6. The highest BCUT2D eigenvalue weighted by atomic mass is 16.3. The van der Waals surface area contributed by atoms with Crippen molar-refractivity contribution in [2.75, 3.05) is 0 Å². The number of hydrogen-bond acceptors (Lipinski definition) is 4. The quantitative estimate of drug-likeness (QED) is 0.126. The molecular weight excluding hydrogens is 673 g/mol. The summed E-state index contributed by atoms with van der Waals surface area (Å²) >= 11 is 0. The number of amidine groups is 1. The van der Waals surface area contributed by atoms with Gasteiger partial charge in [-0.15, -0.1) is 0 Å². The Morgan fingerprint density at radius 3 is 1.78 bits per heavy atom. The molecule has 7 aromatic carbocycles. The van der Waals surface area contributed by atoms with E-state index in [-0.39, 0.29) is 5.84 Å². The molecule has 0 aliphatic heterocycles. The van der Waals surface area contributed by atoms with E-state index in [9.17, 15) is 0 Å². The number of aliphatic imine (C=N–C) groups is 1. The molecule has 0 unspecified atom stereocenters. The molecule has 0 radical (unpaired) electrons. The van der Waals surface area contributed by atoms with Gasteiger partial charge in [0.2, 0.25) is 0 Å². The summed E-state index contributed by atoms with van der Waals surface area (Å²) in [6.45, 7) is 0. The first-order valence-corrected chi connectivity index (χ1v) is 18.2. The molecule has 0 amide bonds. The fourth-order valence-corrected chi connectivity index (χ4v) is 6.80. The molecule has 0 saturated carbocycles. The summed E-state index contributed by atoms with van der Waals surface area (Å²) in [4.78, 5) is 15.0. The van der Waals surface area contributed by atoms with Crippen molar-refractivity contribution in [1.82, 2.24) is 9.97 Å². The lowest BCUT2D eigenvalue weighted by molar-refractivity contribution is 0.667. The highest BCUT2D eigenvalue weighted by molar-refractivity contribution is 6.18. The summed E-state index contributed by atoms with van der Waals surface area (Å²) in [7, 11) is 0. The van der Waals surface area contributed by atoms with Crippen LogP contribution in [-0.2, 0) is 0 Å². The largest absolute Gasteiger partial charge is 0.452 e. The van der Waals surface area contributed by atoms with Gasteiger partial charge in [0.1, 0.15) is 16.8 Å². The van der Waals surface area contributed by atoms with Crippen LogP contribution in [0.25, 0.3) is 73.0 Å². The molecule has 2 heterocycles. The third kappa shape index (κ3) is 7.02. The van der Waals surface area contributed by atoms with Gasteiger partial charge in [0.05, 0.1) is 5.71 Å². The minimum Gasteiger partial charge on any atom is -0.452 e. The summed E-state index contributed by atoms with van der Waals surface area (Å²) in [5, 5.41) is 9.76. The Bertz CT molecular complexity index is 2870. The lowest BCUT2D eigenvalue weighted by atomic mass is 9.96. The molecule has 5 heteroatoms. The van der Waals surface area contributed by atoms with Gasteiger partial charge in [-0.2, -0.15) is 0 Å². The summed E-state index contributed by atoms with van der Waals surface area (Å²) in [6, 6.07) is 63.2. The minimum atomic E-state index is 0.209. The summed E-state index contributed by atoms with van der Waals surface area (Å²) in [6.07, 6.45) is 4.03. The van der Waals surface area contributed by atoms with Crippen molar-refractivity contribution in [1.29, 1.82) is 5.41 Å². The molecule has 2 aromatic heterocycles. The number of benzene rings is 7. The van der Waals surface area contributed by atoms with Crippen molar-refractivity contribution >= 4 is 39.7 Å². The molecule has 260 valence electrons. The second-order valence-electron chi connectivity index (χ2n) is 13.2. The second kappa shape index (κ2) is 14.9. The number of para-hydroxylation sites is 1. The normalized spacial score (nSPS) is 11.7. The summed E-state index contributed by atoms with van der Waals surface area (Å²) in [5.74, 6) is 0.848. The van der Waals surface area contributed by atoms with E-state index in [2.05, 4.69) is 84.9 Å². The number of allylic oxidation sites excluding steroid dienone is 1. The Kier molecular flexibility index (Phi) is 9.01. The average Bonchev–Trinajstić information content (AvgIpc) is 3.64. The van der Waals surface area contributed by atoms with Crippen LogP contribution >= 0.6 is 0 Å². The van der Waals surface area contributed by atoms with E-state index in [0.717, 1.165) is 72.3 Å². The van der Waals surface area contributed by atoms with Gasteiger partial charge < -0.3 is 4.42 Å². The van der Waals surface area contributed by atoms with Crippen molar-refractivity contribution in [2.45, 2.75) is 0 Å². The zero-order valence-electron chi connectivity index (χ0n) is 29.8. The topological polar surface area (TPSA) is 75.1 Å². The van der Waals surface area contributed by atoms with Gasteiger partial charge in [-0.3, -0.25) is 5.41 Å². The van der Waals surface area contributed by atoms with Crippen LogP contribution in [0.15, 0.2) is 204 Å². The predicted molar refractivity (Wildman–Crippen MR) is 226 cm³/mol. The molecule has 0 fully saturated rings. The van der Waals surface area contributed by atoms with E-state index in [0.29, 0.717) is 17.1 Å². The Balaban J connectivity index is 1.08. The first kappa shape index (κ1) is 33.3. The molecule has 55 heavy (non-hydrogen) atoms. The van der Waals surface area contributed by atoms with Gasteiger partial charge in [0, 0.05) is 27.6 Å². The number of rotatable bonds is 8. The maximum Gasteiger partial charge on any atom is 0.180 e. The molecule has 0 aliphatic carbocycles. The van der Waals surface area contributed by atoms with Gasteiger partial charge in [0.15, 0.2) is 17.2 Å². The molecule has 5 nitrogen and oxygen atoms in total. The van der Waals surface area contributed by atoms with Crippen molar-refractivity contribution in [2.24, 2.45) is 4.99 Å². The standard InChI is InChI=1S/C50H34N4O/c51-49(36-19-8-3-9-20-36)52-44(30-29-34-15-4-1-5-16-34)41-25-13-23-39(32-41)37-21-12-22-38(31-37)40-24-14-26-42(33-40)50-53-46(35-17-6-2-7-18-35)48-47(54-50)43-27-10-11-28-45(43)55-48/h1-33,51H/b30-29+,51-49?,52-44?. The first-order valence-electron chi connectivity index (χ1n) is 18.2. The van der Waals surface area contributed by atoms with Crippen LogP contribution in [0, 0.1) is 5.41 Å². The van der Waals surface area contributed by atoms with E-state index >= 15 is 0 Å². The van der Waals surface area contributed by atoms with Crippen LogP contribution < -0.4 is 0 Å². The number of furan rings is 1. The van der Waals surface area contributed by atoms with Crippen LogP contribution in [-0.4, -0.2) is 21.5 Å². The van der Waals surface area contributed by atoms with Crippen LogP contribution in [0.5, 0.6) is 0 Å². The zero-order valence-corrected chi connectivity index (χ0v) is 29.8. The number of fused-ring (bicyclic) bond motifs is 3. The highest BCUT2D eigenvalue weighted by Gasteiger charge is 2.18. The number of hydrogen-bond donors (Lipinski definition) is 1. The number of nitrogens with one attached hydrogen (secondary N) is 1. The summed E-state index contributed by atoms with van der Waals surface area (Å²) < 4.78 is 6.33. The molecule has 0 spiro atoms. The monoisotopic (exact) mass is 706 g/mol. The van der Waals surface area contributed by atoms with Gasteiger partial charge in [0.25, 0.3) is 0 Å². The fraction of sp³-hybridized carbons (Fsp3) is 0. The molecule has 1 N–H and O–H groups in total. The second-order valence-corrected chi connectivity index (χ2v) is 13.2. The SMILES string of the molecule is N=C(N=C(/C=C/c1ccccc1)c1cccc(-c2cccc(-c3cccc(-c4nc(-c5ccccc5)c5oc6ccccc6c5n4)c3)c2)c1)c1ccccc1. The van der Waals surface area contributed by atoms with Crippen LogP contribution in [0.4, 0.5) is 0 Å². The van der Waals surface area contributed by atoms with Gasteiger partial charge in [-0.25, -0.2) is 15.0 Å². The molecule has 9 aromatic rings. The third-order valence-electron chi connectivity index (χ3n) is 9.59. The van der Waals surface area contributed by atoms with Crippen molar-refractivity contribution in [3.8, 4) is 44.9 Å². The van der Waals surface area contributed by atoms with E-state index in [1.807, 2.05) is 115 Å². The van der Waals surface area contributed by atoms with E-state index < -0.39 is 0 Å². The van der Waals surface area contributed by atoms with E-state index in [1.54, 1.807) is 0 Å². The number of aromatic nitrogens is 2. The molecule has 0 bridgehead atoms. The van der Waals surface area contributed by atoms with Crippen molar-refractivity contribution in [3.05, 3.63) is 211 Å². The lowest BCUT2D eigenvalue weighted by Crippen LogP contribution is -2.04. The molecular formula is C50H34N4O. The lowest BCUT2D eigenvalue weighted by Gasteiger charge is -2.10. The Morgan fingerprint density at radius 1 is 0.509 bits per heavy atom. The fourth-order valence-electron chi connectivity index (χ4n) is 6.80. The highest BCUT2D eigenvalue weighted by Crippen LogP contribution is 2.36. The van der Waals surface area contributed by atoms with Gasteiger partial charge in [-0.1, -0.05) is 164 Å². The van der Waals surface area contributed by atoms with Gasteiger partial charge >= 0.3 is 0 Å². The number of nitrogens with zero attached hydrogens (tertiary/aromatic N) is 3. The molecule has 9 rings (SSSR count). The maximum absolute atomic E-state index is 8.80. The Hall–Kier alpha value is -7.50. The minimum absolute atomic E-state index is 0.209. The van der Waals surface area contributed by atoms with Crippen LogP contribution in [0.1, 0.15) is 16.7 Å². The van der Waals surface area contributed by atoms with Crippen molar-refractivity contribution < 1.29 is 4.42 Å². The van der Waals surface area contributed by atoms with E-state index in [1.165, 1.54) is 0 Å². The maximum atomic E-state index is 8.80. The third-order valence-corrected chi connectivity index (χ3v) is 9.59. The van der Waals surface area contributed by atoms with Gasteiger partial charge in [-0.05, 0) is 64.2 Å². The Morgan fingerprint density at radius 2 is 1.05 bits per heavy atom. The average molecular weight is 707 g/mol.